The van der Waals surface area contributed by atoms with Gasteiger partial charge in [-0.25, -0.2) is 4.98 Å². The highest BCUT2D eigenvalue weighted by atomic mass is 16.5. The number of rotatable bonds is 9. The van der Waals surface area contributed by atoms with Crippen LogP contribution in [0.2, 0.25) is 0 Å². The minimum atomic E-state index is -0.0324. The molecule has 0 aliphatic carbocycles. The summed E-state index contributed by atoms with van der Waals surface area (Å²) in [6, 6.07) is 7.72. The average molecular weight is 449 g/mol. The molecule has 5 rings (SSSR count). The summed E-state index contributed by atoms with van der Waals surface area (Å²) in [4.78, 5) is 27.1. The maximum Gasteiger partial charge on any atom is 0.256 e. The minimum Gasteiger partial charge on any atom is -0.337 e. The van der Waals surface area contributed by atoms with Crippen LogP contribution in [0.25, 0.3) is 17.2 Å². The van der Waals surface area contributed by atoms with Gasteiger partial charge in [-0.1, -0.05) is 44.0 Å². The zero-order chi connectivity index (χ0) is 22.8. The molecule has 0 unspecified atom stereocenters. The first-order chi connectivity index (χ1) is 16.2. The van der Waals surface area contributed by atoms with E-state index >= 15 is 0 Å². The molecule has 1 saturated heterocycles. The fraction of sp³-hybridized carbons (Fsp3) is 0.520. The SMILES string of the molecule is CCCCN(CCCC)Cc1nc(-c2ncn3c2[C@@H]2CCCN2C(=O)c2ccccc2-3)no1. The van der Waals surface area contributed by atoms with Crippen LogP contribution >= 0.6 is 0 Å². The van der Waals surface area contributed by atoms with E-state index in [1.54, 1.807) is 6.33 Å². The zero-order valence-corrected chi connectivity index (χ0v) is 19.5. The first-order valence-corrected chi connectivity index (χ1v) is 12.2. The number of hydrogen-bond donors (Lipinski definition) is 0. The third-order valence-electron chi connectivity index (χ3n) is 6.72. The number of carbonyl (C=O) groups is 1. The maximum absolute atomic E-state index is 13.3. The van der Waals surface area contributed by atoms with Crippen LogP contribution in [-0.2, 0) is 6.54 Å². The van der Waals surface area contributed by atoms with Crippen molar-refractivity contribution < 1.29 is 9.32 Å². The molecule has 174 valence electrons. The molecule has 4 heterocycles. The van der Waals surface area contributed by atoms with Crippen LogP contribution in [-0.4, -0.2) is 55.0 Å². The van der Waals surface area contributed by atoms with E-state index in [-0.39, 0.29) is 11.9 Å². The Morgan fingerprint density at radius 1 is 1.15 bits per heavy atom. The topological polar surface area (TPSA) is 80.3 Å². The summed E-state index contributed by atoms with van der Waals surface area (Å²) in [5, 5.41) is 4.31. The molecule has 8 heteroatoms. The quantitative estimate of drug-likeness (QED) is 0.475. The Morgan fingerprint density at radius 2 is 1.94 bits per heavy atom. The van der Waals surface area contributed by atoms with Crippen LogP contribution < -0.4 is 0 Å². The van der Waals surface area contributed by atoms with Crippen molar-refractivity contribution >= 4 is 5.91 Å². The van der Waals surface area contributed by atoms with E-state index in [0.29, 0.717) is 29.5 Å². The van der Waals surface area contributed by atoms with E-state index in [1.807, 2.05) is 33.7 Å². The maximum atomic E-state index is 13.3. The second-order valence-electron chi connectivity index (χ2n) is 9.02. The molecule has 0 bridgehead atoms. The Morgan fingerprint density at radius 3 is 2.73 bits per heavy atom. The number of amides is 1. The van der Waals surface area contributed by atoms with E-state index in [0.717, 1.165) is 69.5 Å². The fourth-order valence-corrected chi connectivity index (χ4v) is 4.99. The van der Waals surface area contributed by atoms with Gasteiger partial charge in [-0.3, -0.25) is 14.3 Å². The lowest BCUT2D eigenvalue weighted by atomic mass is 10.1. The van der Waals surface area contributed by atoms with E-state index in [1.165, 1.54) is 0 Å². The van der Waals surface area contributed by atoms with Crippen molar-refractivity contribution in [2.45, 2.75) is 65.0 Å². The number of aromatic nitrogens is 4. The molecule has 8 nitrogen and oxygen atoms in total. The van der Waals surface area contributed by atoms with Gasteiger partial charge in [0, 0.05) is 6.54 Å². The number of fused-ring (bicyclic) bond motifs is 5. The highest BCUT2D eigenvalue weighted by Crippen LogP contribution is 2.41. The third kappa shape index (κ3) is 4.08. The van der Waals surface area contributed by atoms with Crippen LogP contribution in [0.1, 0.15) is 80.4 Å². The normalized spacial score (nSPS) is 17.2. The van der Waals surface area contributed by atoms with Gasteiger partial charge in [0.1, 0.15) is 12.0 Å². The highest BCUT2D eigenvalue weighted by Gasteiger charge is 2.39. The number of benzene rings is 1. The highest BCUT2D eigenvalue weighted by molar-refractivity contribution is 5.99. The average Bonchev–Trinajstić information content (AvgIpc) is 3.58. The van der Waals surface area contributed by atoms with Gasteiger partial charge in [0.2, 0.25) is 11.7 Å². The molecular formula is C25H32N6O2. The van der Waals surface area contributed by atoms with Gasteiger partial charge in [-0.05, 0) is 50.9 Å². The Balaban J connectivity index is 1.48. The lowest BCUT2D eigenvalue weighted by molar-refractivity contribution is 0.0739. The van der Waals surface area contributed by atoms with E-state index in [4.69, 9.17) is 14.5 Å². The van der Waals surface area contributed by atoms with Gasteiger partial charge in [0.25, 0.3) is 5.91 Å². The van der Waals surface area contributed by atoms with Gasteiger partial charge < -0.3 is 9.42 Å². The standard InChI is InChI=1S/C25H32N6O2/c1-3-5-13-29(14-6-4-2)16-21-27-24(28-33-21)22-23-20-12-9-15-30(20)25(32)18-10-7-8-11-19(18)31(23)17-26-22/h7-8,10-11,17,20H,3-6,9,12-16H2,1-2H3/t20-/m0/s1. The number of imidazole rings is 1. The molecule has 0 spiro atoms. The molecular weight excluding hydrogens is 416 g/mol. The fourth-order valence-electron chi connectivity index (χ4n) is 4.99. The van der Waals surface area contributed by atoms with Crippen LogP contribution in [0.3, 0.4) is 0 Å². The molecule has 2 aromatic heterocycles. The molecule has 1 fully saturated rings. The lowest BCUT2D eigenvalue weighted by Gasteiger charge is -2.22. The molecule has 2 aliphatic rings. The van der Waals surface area contributed by atoms with Gasteiger partial charge in [-0.2, -0.15) is 4.98 Å². The molecule has 2 aliphatic heterocycles. The second-order valence-corrected chi connectivity index (χ2v) is 9.02. The predicted molar refractivity (Wildman–Crippen MR) is 125 cm³/mol. The molecule has 33 heavy (non-hydrogen) atoms. The summed E-state index contributed by atoms with van der Waals surface area (Å²) in [6.45, 7) is 7.89. The van der Waals surface area contributed by atoms with Crippen molar-refractivity contribution in [1.29, 1.82) is 0 Å². The van der Waals surface area contributed by atoms with Gasteiger partial charge in [0.15, 0.2) is 0 Å². The number of nitrogens with zero attached hydrogens (tertiary/aromatic N) is 6. The number of unbranched alkanes of at least 4 members (excludes halogenated alkanes) is 2. The first kappa shape index (κ1) is 21.8. The van der Waals surface area contributed by atoms with E-state index in [2.05, 4.69) is 23.9 Å². The zero-order valence-electron chi connectivity index (χ0n) is 19.5. The van der Waals surface area contributed by atoms with Gasteiger partial charge in [0.05, 0.1) is 29.5 Å². The van der Waals surface area contributed by atoms with Crippen LogP contribution in [0, 0.1) is 0 Å². The summed E-state index contributed by atoms with van der Waals surface area (Å²) in [7, 11) is 0. The van der Waals surface area contributed by atoms with Crippen molar-refractivity contribution in [3.05, 3.63) is 47.7 Å². The lowest BCUT2D eigenvalue weighted by Crippen LogP contribution is -2.29. The van der Waals surface area contributed by atoms with Crippen molar-refractivity contribution in [1.82, 2.24) is 29.5 Å². The minimum absolute atomic E-state index is 0.0324. The molecule has 0 radical (unpaired) electrons. The summed E-state index contributed by atoms with van der Waals surface area (Å²) in [6.07, 6.45) is 8.32. The van der Waals surface area contributed by atoms with Gasteiger partial charge in [-0.15, -0.1) is 0 Å². The van der Waals surface area contributed by atoms with Crippen molar-refractivity contribution in [2.75, 3.05) is 19.6 Å². The molecule has 1 atom stereocenters. The third-order valence-corrected chi connectivity index (χ3v) is 6.72. The molecule has 3 aromatic rings. The number of carbonyl (C=O) groups excluding carboxylic acids is 1. The van der Waals surface area contributed by atoms with Crippen LogP contribution in [0.5, 0.6) is 0 Å². The summed E-state index contributed by atoms with van der Waals surface area (Å²) < 4.78 is 7.72. The predicted octanol–water partition coefficient (Wildman–Crippen LogP) is 4.62. The summed E-state index contributed by atoms with van der Waals surface area (Å²) >= 11 is 0. The molecule has 0 N–H and O–H groups in total. The number of para-hydroxylation sites is 1. The smallest absolute Gasteiger partial charge is 0.256 e. The molecule has 1 amide bonds. The second kappa shape index (κ2) is 9.47. The Bertz CT molecular complexity index is 1110. The van der Waals surface area contributed by atoms with Crippen molar-refractivity contribution in [3.8, 4) is 17.2 Å². The Hall–Kier alpha value is -3.00. The molecule has 0 saturated carbocycles. The Labute approximate surface area is 194 Å². The molecule has 1 aromatic carbocycles. The van der Waals surface area contributed by atoms with Crippen molar-refractivity contribution in [2.24, 2.45) is 0 Å². The van der Waals surface area contributed by atoms with Crippen molar-refractivity contribution in [3.63, 3.8) is 0 Å². The monoisotopic (exact) mass is 448 g/mol. The van der Waals surface area contributed by atoms with E-state index in [9.17, 15) is 4.79 Å². The summed E-state index contributed by atoms with van der Waals surface area (Å²) in [5.74, 6) is 1.20. The summed E-state index contributed by atoms with van der Waals surface area (Å²) in [5.41, 5.74) is 3.26. The number of hydrogen-bond acceptors (Lipinski definition) is 6. The van der Waals surface area contributed by atoms with E-state index < -0.39 is 0 Å². The van der Waals surface area contributed by atoms with Gasteiger partial charge >= 0.3 is 0 Å². The van der Waals surface area contributed by atoms with Crippen LogP contribution in [0.15, 0.2) is 35.1 Å². The largest absolute Gasteiger partial charge is 0.337 e. The first-order valence-electron chi connectivity index (χ1n) is 12.2. The Kier molecular flexibility index (Phi) is 6.26. The van der Waals surface area contributed by atoms with Crippen LogP contribution in [0.4, 0.5) is 0 Å².